The Morgan fingerprint density at radius 1 is 1.50 bits per heavy atom. The van der Waals surface area contributed by atoms with Crippen LogP contribution >= 0.6 is 15.9 Å². The van der Waals surface area contributed by atoms with Crippen molar-refractivity contribution in [2.45, 2.75) is 32.7 Å². The van der Waals surface area contributed by atoms with Gasteiger partial charge in [-0.15, -0.1) is 0 Å². The summed E-state index contributed by atoms with van der Waals surface area (Å²) in [6.07, 6.45) is 2.19. The average Bonchev–Trinajstić information content (AvgIpc) is 2.19. The van der Waals surface area contributed by atoms with Crippen LogP contribution in [0.25, 0.3) is 0 Å². The second-order valence-corrected chi connectivity index (χ2v) is 4.32. The van der Waals surface area contributed by atoms with E-state index in [9.17, 15) is 0 Å². The summed E-state index contributed by atoms with van der Waals surface area (Å²) in [5.74, 6) is 5.54. The molecule has 3 N–H and O–H groups in total. The van der Waals surface area contributed by atoms with E-state index in [4.69, 9.17) is 5.84 Å². The Kier molecular flexibility index (Phi) is 4.58. The molecule has 78 valence electrons. The molecule has 0 fully saturated rings. The van der Waals surface area contributed by atoms with Gasteiger partial charge in [0.25, 0.3) is 0 Å². The molecule has 0 radical (unpaired) electrons. The van der Waals surface area contributed by atoms with E-state index in [0.717, 1.165) is 17.3 Å². The first kappa shape index (κ1) is 11.7. The molecule has 0 aromatic heterocycles. The van der Waals surface area contributed by atoms with Crippen LogP contribution in [0.4, 0.5) is 0 Å². The Labute approximate surface area is 94.0 Å². The summed E-state index contributed by atoms with van der Waals surface area (Å²) in [6.45, 7) is 4.27. The maximum absolute atomic E-state index is 5.54. The zero-order valence-corrected chi connectivity index (χ0v) is 10.3. The van der Waals surface area contributed by atoms with Crippen molar-refractivity contribution >= 4 is 15.9 Å². The molecule has 0 aliphatic carbocycles. The molecular weight excluding hydrogens is 240 g/mol. The van der Waals surface area contributed by atoms with Gasteiger partial charge in [0.15, 0.2) is 0 Å². The summed E-state index contributed by atoms with van der Waals surface area (Å²) in [5, 5.41) is 0. The van der Waals surface area contributed by atoms with Crippen molar-refractivity contribution in [2.75, 3.05) is 0 Å². The van der Waals surface area contributed by atoms with Gasteiger partial charge in [-0.25, -0.2) is 0 Å². The monoisotopic (exact) mass is 256 g/mol. The van der Waals surface area contributed by atoms with E-state index in [-0.39, 0.29) is 6.04 Å². The molecule has 1 aromatic carbocycles. The summed E-state index contributed by atoms with van der Waals surface area (Å²) in [5.41, 5.74) is 5.42. The lowest BCUT2D eigenvalue weighted by atomic mass is 9.98. The van der Waals surface area contributed by atoms with Crippen molar-refractivity contribution in [1.82, 2.24) is 5.43 Å². The van der Waals surface area contributed by atoms with Gasteiger partial charge in [0, 0.05) is 10.5 Å². The van der Waals surface area contributed by atoms with Gasteiger partial charge in [-0.2, -0.15) is 0 Å². The Bertz CT molecular complexity index is 299. The van der Waals surface area contributed by atoms with Crippen molar-refractivity contribution in [3.63, 3.8) is 0 Å². The number of nitrogens with two attached hydrogens (primary N) is 1. The maximum atomic E-state index is 5.54. The fourth-order valence-corrected chi connectivity index (χ4v) is 2.00. The first-order valence-corrected chi connectivity index (χ1v) is 5.71. The smallest absolute Gasteiger partial charge is 0.0462 e. The van der Waals surface area contributed by atoms with Gasteiger partial charge >= 0.3 is 0 Å². The van der Waals surface area contributed by atoms with E-state index < -0.39 is 0 Å². The molecule has 1 atom stereocenters. The van der Waals surface area contributed by atoms with Crippen LogP contribution < -0.4 is 11.3 Å². The third-order valence-electron chi connectivity index (χ3n) is 2.46. The fraction of sp³-hybridized carbons (Fsp3) is 0.455. The standard InChI is InChI=1S/C11H17BrN2/c1-3-5-11(14-13)9-6-4-7-10(12)8(9)2/h4,6-7,11,14H,3,5,13H2,1-2H3. The molecule has 1 rings (SSSR count). The predicted molar refractivity (Wildman–Crippen MR) is 63.9 cm³/mol. The minimum atomic E-state index is 0.262. The van der Waals surface area contributed by atoms with E-state index in [2.05, 4.69) is 47.3 Å². The van der Waals surface area contributed by atoms with Gasteiger partial charge in [0.05, 0.1) is 0 Å². The highest BCUT2D eigenvalue weighted by Crippen LogP contribution is 2.26. The van der Waals surface area contributed by atoms with Gasteiger partial charge in [-0.05, 0) is 30.5 Å². The van der Waals surface area contributed by atoms with E-state index in [1.807, 2.05) is 6.07 Å². The lowest BCUT2D eigenvalue weighted by molar-refractivity contribution is 0.508. The highest BCUT2D eigenvalue weighted by molar-refractivity contribution is 9.10. The highest BCUT2D eigenvalue weighted by atomic mass is 79.9. The molecule has 0 heterocycles. The number of nitrogens with one attached hydrogen (secondary N) is 1. The molecule has 0 aliphatic heterocycles. The van der Waals surface area contributed by atoms with Crippen molar-refractivity contribution in [1.29, 1.82) is 0 Å². The van der Waals surface area contributed by atoms with Crippen LogP contribution in [0.15, 0.2) is 22.7 Å². The topological polar surface area (TPSA) is 38.0 Å². The molecule has 0 amide bonds. The molecule has 1 aromatic rings. The zero-order valence-electron chi connectivity index (χ0n) is 8.68. The van der Waals surface area contributed by atoms with Crippen LogP contribution in [0.5, 0.6) is 0 Å². The van der Waals surface area contributed by atoms with Crippen molar-refractivity contribution in [3.05, 3.63) is 33.8 Å². The van der Waals surface area contributed by atoms with Crippen LogP contribution in [-0.4, -0.2) is 0 Å². The number of hydrogen-bond donors (Lipinski definition) is 2. The second kappa shape index (κ2) is 5.49. The van der Waals surface area contributed by atoms with Gasteiger partial charge in [0.1, 0.15) is 0 Å². The van der Waals surface area contributed by atoms with Crippen molar-refractivity contribution in [3.8, 4) is 0 Å². The summed E-state index contributed by atoms with van der Waals surface area (Å²) in [7, 11) is 0. The maximum Gasteiger partial charge on any atom is 0.0462 e. The minimum absolute atomic E-state index is 0.262. The van der Waals surface area contributed by atoms with E-state index in [0.29, 0.717) is 0 Å². The van der Waals surface area contributed by atoms with Crippen LogP contribution in [0.1, 0.15) is 36.9 Å². The van der Waals surface area contributed by atoms with E-state index in [1.54, 1.807) is 0 Å². The Morgan fingerprint density at radius 3 is 2.79 bits per heavy atom. The molecule has 0 saturated carbocycles. The number of halogens is 1. The molecule has 0 spiro atoms. The van der Waals surface area contributed by atoms with Crippen LogP contribution in [-0.2, 0) is 0 Å². The number of benzene rings is 1. The normalized spacial score (nSPS) is 12.9. The summed E-state index contributed by atoms with van der Waals surface area (Å²) < 4.78 is 1.14. The van der Waals surface area contributed by atoms with Gasteiger partial charge in [-0.1, -0.05) is 41.4 Å². The first-order valence-electron chi connectivity index (χ1n) is 4.91. The predicted octanol–water partition coefficient (Wildman–Crippen LogP) is 3.06. The summed E-state index contributed by atoms with van der Waals surface area (Å²) >= 11 is 3.53. The van der Waals surface area contributed by atoms with Crippen molar-refractivity contribution in [2.24, 2.45) is 5.84 Å². The molecule has 1 unspecified atom stereocenters. The minimum Gasteiger partial charge on any atom is -0.271 e. The van der Waals surface area contributed by atoms with E-state index >= 15 is 0 Å². The number of hydrogen-bond acceptors (Lipinski definition) is 2. The molecule has 2 nitrogen and oxygen atoms in total. The fourth-order valence-electron chi connectivity index (χ4n) is 1.62. The van der Waals surface area contributed by atoms with Crippen LogP contribution in [0, 0.1) is 6.92 Å². The lowest BCUT2D eigenvalue weighted by Gasteiger charge is -2.18. The highest BCUT2D eigenvalue weighted by Gasteiger charge is 2.11. The Hall–Kier alpha value is -0.380. The molecule has 0 saturated heterocycles. The largest absolute Gasteiger partial charge is 0.271 e. The molecule has 0 aliphatic rings. The zero-order chi connectivity index (χ0) is 10.6. The van der Waals surface area contributed by atoms with Gasteiger partial charge in [-0.3, -0.25) is 11.3 Å². The second-order valence-electron chi connectivity index (χ2n) is 3.46. The lowest BCUT2D eigenvalue weighted by Crippen LogP contribution is -2.28. The Morgan fingerprint density at radius 2 is 2.21 bits per heavy atom. The van der Waals surface area contributed by atoms with Gasteiger partial charge < -0.3 is 0 Å². The number of rotatable bonds is 4. The van der Waals surface area contributed by atoms with Gasteiger partial charge in [0.2, 0.25) is 0 Å². The third-order valence-corrected chi connectivity index (χ3v) is 3.32. The summed E-state index contributed by atoms with van der Waals surface area (Å²) in [6, 6.07) is 6.49. The molecule has 14 heavy (non-hydrogen) atoms. The molecule has 0 bridgehead atoms. The summed E-state index contributed by atoms with van der Waals surface area (Å²) in [4.78, 5) is 0. The quantitative estimate of drug-likeness (QED) is 0.642. The number of hydrazine groups is 1. The third kappa shape index (κ3) is 2.56. The first-order chi connectivity index (χ1) is 6.70. The SMILES string of the molecule is CCCC(NN)c1cccc(Br)c1C. The van der Waals surface area contributed by atoms with Crippen LogP contribution in [0.3, 0.4) is 0 Å². The van der Waals surface area contributed by atoms with Crippen molar-refractivity contribution < 1.29 is 0 Å². The Balaban J connectivity index is 2.97. The molecule has 3 heteroatoms. The average molecular weight is 257 g/mol. The van der Waals surface area contributed by atoms with E-state index in [1.165, 1.54) is 11.1 Å². The molecular formula is C11H17BrN2. The van der Waals surface area contributed by atoms with Crippen LogP contribution in [0.2, 0.25) is 0 Å².